The molecular formula is C50H64CoN8O8. The van der Waals surface area contributed by atoms with Crippen LogP contribution in [-0.2, 0) is 27.6 Å². The van der Waals surface area contributed by atoms with E-state index in [2.05, 4.69) is 84.0 Å². The fourth-order valence-electron chi connectivity index (χ4n) is 8.56. The van der Waals surface area contributed by atoms with Gasteiger partial charge in [0.15, 0.2) is 0 Å². The predicted octanol–water partition coefficient (Wildman–Crippen LogP) is 14.3. The van der Waals surface area contributed by atoms with Crippen molar-refractivity contribution in [2.45, 2.75) is 132 Å². The van der Waals surface area contributed by atoms with Gasteiger partial charge in [0.25, 0.3) is 0 Å². The average Bonchev–Trinajstić information content (AvgIpc) is 3.22. The van der Waals surface area contributed by atoms with Crippen molar-refractivity contribution in [3.63, 3.8) is 0 Å². The van der Waals surface area contributed by atoms with Crippen LogP contribution in [-0.4, -0.2) is 54.4 Å². The van der Waals surface area contributed by atoms with E-state index < -0.39 is 32.7 Å². The number of fused-ring (bicyclic) bond motifs is 2. The number of anilines is 2. The molecule has 4 aromatic rings. The van der Waals surface area contributed by atoms with Crippen LogP contribution in [0.2, 0.25) is 0 Å². The molecular weight excluding hydrogens is 900 g/mol. The number of benzene rings is 4. The maximum atomic E-state index is 11.5. The summed E-state index contributed by atoms with van der Waals surface area (Å²) in [7, 11) is 0. The summed E-state index contributed by atoms with van der Waals surface area (Å²) in [4.78, 5) is 26.1. The molecule has 16 nitrogen and oxygen atoms in total. The largest absolute Gasteiger partial charge is 0.506 e. The Balaban J connectivity index is 0.000000288. The van der Waals surface area contributed by atoms with Gasteiger partial charge in [-0.05, 0) is 126 Å². The van der Waals surface area contributed by atoms with Crippen molar-refractivity contribution in [3.8, 4) is 23.0 Å². The van der Waals surface area contributed by atoms with E-state index in [0.29, 0.717) is 11.1 Å². The number of phenolic OH excluding ortho intramolecular Hbond substituents is 4. The van der Waals surface area contributed by atoms with Crippen LogP contribution in [0.3, 0.4) is 0 Å². The first-order valence-electron chi connectivity index (χ1n) is 22.2. The molecule has 1 radical (unpaired) electrons. The summed E-state index contributed by atoms with van der Waals surface area (Å²) in [6, 6.07) is 12.8. The smallest absolute Gasteiger partial charge is 0.313 e. The van der Waals surface area contributed by atoms with Crippen LogP contribution in [0.5, 0.6) is 23.0 Å². The first-order valence-corrected chi connectivity index (χ1v) is 22.2. The molecule has 0 fully saturated rings. The summed E-state index contributed by atoms with van der Waals surface area (Å²) >= 11 is 0. The molecule has 2 heterocycles. The van der Waals surface area contributed by atoms with E-state index in [0.717, 1.165) is 59.6 Å². The van der Waals surface area contributed by atoms with E-state index in [-0.39, 0.29) is 72.9 Å². The molecule has 361 valence electrons. The minimum Gasteiger partial charge on any atom is -0.506 e. The topological polar surface area (TPSA) is 223 Å². The van der Waals surface area contributed by atoms with Crippen LogP contribution < -0.4 is 9.80 Å². The fourth-order valence-corrected chi connectivity index (χ4v) is 8.56. The summed E-state index contributed by atoms with van der Waals surface area (Å²) in [6.45, 7) is 30.0. The number of azo groups is 2. The van der Waals surface area contributed by atoms with Crippen molar-refractivity contribution in [3.05, 3.63) is 103 Å². The third-order valence-corrected chi connectivity index (χ3v) is 13.2. The number of hydrogen-bond acceptors (Lipinski definition) is 14. The number of likely N-dealkylation sites (N-methyl/N-ethyl adjacent to an activating group) is 2. The number of aromatic hydroxyl groups is 4. The molecule has 2 aliphatic heterocycles. The fraction of sp³-hybridized carbons (Fsp3) is 0.440. The van der Waals surface area contributed by atoms with Crippen molar-refractivity contribution in [1.29, 1.82) is 0 Å². The quantitative estimate of drug-likeness (QED) is 0.0597. The van der Waals surface area contributed by atoms with Crippen molar-refractivity contribution < 1.29 is 47.1 Å². The molecule has 0 amide bonds. The molecule has 2 aliphatic rings. The van der Waals surface area contributed by atoms with Crippen LogP contribution in [0, 0.1) is 20.2 Å². The van der Waals surface area contributed by atoms with Crippen LogP contribution in [0.4, 0.5) is 45.5 Å². The molecule has 0 atom stereocenters. The molecule has 0 saturated carbocycles. The van der Waals surface area contributed by atoms with E-state index in [1.807, 2.05) is 55.4 Å². The van der Waals surface area contributed by atoms with Gasteiger partial charge < -0.3 is 30.2 Å². The van der Waals surface area contributed by atoms with Crippen molar-refractivity contribution in [1.82, 2.24) is 0 Å². The molecule has 0 aliphatic carbocycles. The Hall–Kier alpha value is -6.33. The van der Waals surface area contributed by atoms with Gasteiger partial charge in [-0.1, -0.05) is 53.7 Å². The standard InChI is InChI=1S/2C25H32N4O4.Co/c2*1-8-24(4,5)16-10-19(23(31)21(11-16)29(32)33)27-26-18-12-17-15(3)14-25(6,7)28(9-2)20(17)13-22(18)30;/h2*10-14,30-31H,8-9H2,1-7H3;. The molecule has 17 heteroatoms. The van der Waals surface area contributed by atoms with Crippen LogP contribution in [0.25, 0.3) is 11.1 Å². The van der Waals surface area contributed by atoms with Crippen molar-refractivity contribution in [2.75, 3.05) is 22.9 Å². The summed E-state index contributed by atoms with van der Waals surface area (Å²) in [6.07, 6.45) is 5.82. The Morgan fingerprint density at radius 3 is 1.15 bits per heavy atom. The summed E-state index contributed by atoms with van der Waals surface area (Å²) in [5.74, 6) is -1.21. The Morgan fingerprint density at radius 1 is 0.552 bits per heavy atom. The number of nitro groups is 2. The number of allylic oxidation sites excluding steroid dienone is 2. The normalized spacial score (nSPS) is 15.3. The van der Waals surface area contributed by atoms with E-state index in [1.165, 1.54) is 12.1 Å². The molecule has 4 aromatic carbocycles. The Morgan fingerprint density at radius 2 is 0.866 bits per heavy atom. The van der Waals surface area contributed by atoms with Gasteiger partial charge >= 0.3 is 11.4 Å². The zero-order chi connectivity index (χ0) is 49.4. The van der Waals surface area contributed by atoms with Crippen molar-refractivity contribution in [2.24, 2.45) is 20.5 Å². The van der Waals surface area contributed by atoms with Gasteiger partial charge in [0.05, 0.1) is 20.9 Å². The SMILES string of the molecule is CCN1c2cc(O)c(N=Nc3cc(C(C)(C)CC)cc([N+](=O)[O-])c3O)cc2C(C)=CC1(C)C.CCN1c2cc(O)c(N=Nc3cc(C(C)(C)CC)cc([N+](=O)[O-])c3O)cc2C(C)=CC1(C)C.[Co]. The second kappa shape index (κ2) is 19.9. The van der Waals surface area contributed by atoms with Gasteiger partial charge in [-0.2, -0.15) is 0 Å². The molecule has 6 rings (SSSR count). The van der Waals surface area contributed by atoms with E-state index in [9.17, 15) is 40.7 Å². The summed E-state index contributed by atoms with van der Waals surface area (Å²) < 4.78 is 0. The van der Waals surface area contributed by atoms with Gasteiger partial charge in [-0.3, -0.25) is 20.2 Å². The molecule has 0 aromatic heterocycles. The molecule has 4 N–H and O–H groups in total. The van der Waals surface area contributed by atoms with Gasteiger partial charge in [0.2, 0.25) is 11.5 Å². The number of nitro benzene ring substituents is 2. The summed E-state index contributed by atoms with van der Waals surface area (Å²) in [5.41, 5.74) is 5.63. The van der Waals surface area contributed by atoms with E-state index in [1.54, 1.807) is 36.4 Å². The van der Waals surface area contributed by atoms with Crippen LogP contribution in [0.15, 0.2) is 81.1 Å². The third kappa shape index (κ3) is 10.8. The third-order valence-electron chi connectivity index (χ3n) is 13.2. The molecule has 0 spiro atoms. The average molecular weight is 964 g/mol. The number of hydrogen-bond donors (Lipinski definition) is 4. The Kier molecular flexibility index (Phi) is 15.8. The van der Waals surface area contributed by atoms with Gasteiger partial charge in [0, 0.05) is 76.6 Å². The van der Waals surface area contributed by atoms with Gasteiger partial charge in [-0.15, -0.1) is 20.5 Å². The molecule has 67 heavy (non-hydrogen) atoms. The van der Waals surface area contributed by atoms with Gasteiger partial charge in [-0.25, -0.2) is 0 Å². The van der Waals surface area contributed by atoms with Crippen LogP contribution in [0.1, 0.15) is 132 Å². The molecule has 0 bridgehead atoms. The van der Waals surface area contributed by atoms with E-state index in [4.69, 9.17) is 0 Å². The number of phenols is 4. The number of nitrogens with zero attached hydrogens (tertiary/aromatic N) is 8. The Bertz CT molecular complexity index is 2520. The predicted molar refractivity (Wildman–Crippen MR) is 262 cm³/mol. The zero-order valence-corrected chi connectivity index (χ0v) is 42.0. The minimum absolute atomic E-state index is 0. The second-order valence-electron chi connectivity index (χ2n) is 19.3. The monoisotopic (exact) mass is 963 g/mol. The van der Waals surface area contributed by atoms with Crippen molar-refractivity contribution >= 4 is 56.6 Å². The summed E-state index contributed by atoms with van der Waals surface area (Å²) in [5, 5.41) is 81.8. The minimum atomic E-state index is -0.630. The molecule has 0 unspecified atom stereocenters. The Labute approximate surface area is 403 Å². The maximum Gasteiger partial charge on any atom is 0.313 e. The second-order valence-corrected chi connectivity index (χ2v) is 19.3. The first kappa shape index (κ1) is 53.3. The first-order chi connectivity index (χ1) is 30.6. The zero-order valence-electron chi connectivity index (χ0n) is 40.9. The van der Waals surface area contributed by atoms with Gasteiger partial charge in [0.1, 0.15) is 34.2 Å². The molecule has 0 saturated heterocycles. The van der Waals surface area contributed by atoms with Crippen LogP contribution >= 0.6 is 0 Å². The number of rotatable bonds is 12. The maximum absolute atomic E-state index is 11.5. The van der Waals surface area contributed by atoms with E-state index >= 15 is 0 Å².